The molecule has 1 heteroatoms. The average molecular weight is 490 g/mol. The van der Waals surface area contributed by atoms with Gasteiger partial charge in [0.25, 0.3) is 0 Å². The fraction of sp³-hybridized carbons (Fsp3) is 0.333. The Morgan fingerprint density at radius 3 is 1.32 bits per heavy atom. The van der Waals surface area contributed by atoms with Gasteiger partial charge in [0.05, 0.1) is 0 Å². The zero-order chi connectivity index (χ0) is 26.6. The summed E-state index contributed by atoms with van der Waals surface area (Å²) in [4.78, 5) is 0. The van der Waals surface area contributed by atoms with Gasteiger partial charge in [0.1, 0.15) is 0 Å². The maximum absolute atomic E-state index is 3.57. The second-order valence-corrected chi connectivity index (χ2v) is 12.5. The largest absolute Gasteiger partial charge is 0.356 e. The predicted molar refractivity (Wildman–Crippen MR) is 161 cm³/mol. The highest BCUT2D eigenvalue weighted by Gasteiger charge is 2.27. The van der Waals surface area contributed by atoms with Gasteiger partial charge in [-0.1, -0.05) is 127 Å². The molecule has 0 fully saturated rings. The Balaban J connectivity index is 1.39. The molecule has 192 valence electrons. The summed E-state index contributed by atoms with van der Waals surface area (Å²) in [5.41, 5.74) is 9.48. The van der Waals surface area contributed by atoms with E-state index in [1.807, 2.05) is 0 Å². The van der Waals surface area contributed by atoms with E-state index in [1.54, 1.807) is 0 Å². The smallest absolute Gasteiger partial charge is 0.0384 e. The number of benzene rings is 4. The standard InChI is InChI=1S/C36H43N/c1-26(28-11-9-8-10-12-28)29-13-15-30(16-14-29)27(2)31-17-21-33(22-18-31)37-34-23-19-32(20-24-34)36(6,7)25-35(3,4)5/h8-24,26-27,37H,25H2,1-7H3. The number of rotatable bonds is 8. The van der Waals surface area contributed by atoms with Gasteiger partial charge in [-0.3, -0.25) is 0 Å². The molecule has 2 atom stereocenters. The van der Waals surface area contributed by atoms with Crippen molar-refractivity contribution in [3.8, 4) is 0 Å². The van der Waals surface area contributed by atoms with Crippen LogP contribution in [0.25, 0.3) is 0 Å². The molecule has 0 saturated carbocycles. The van der Waals surface area contributed by atoms with Crippen LogP contribution in [-0.4, -0.2) is 0 Å². The monoisotopic (exact) mass is 489 g/mol. The number of anilines is 2. The Kier molecular flexibility index (Phi) is 7.93. The van der Waals surface area contributed by atoms with Crippen molar-refractivity contribution in [2.45, 2.75) is 72.1 Å². The van der Waals surface area contributed by atoms with Gasteiger partial charge >= 0.3 is 0 Å². The Morgan fingerprint density at radius 1 is 0.514 bits per heavy atom. The van der Waals surface area contributed by atoms with Crippen LogP contribution < -0.4 is 5.32 Å². The van der Waals surface area contributed by atoms with E-state index in [4.69, 9.17) is 0 Å². The fourth-order valence-corrected chi connectivity index (χ4v) is 5.65. The van der Waals surface area contributed by atoms with Crippen molar-refractivity contribution in [2.24, 2.45) is 5.41 Å². The Morgan fingerprint density at radius 2 is 0.892 bits per heavy atom. The third-order valence-electron chi connectivity index (χ3n) is 7.57. The molecule has 1 N–H and O–H groups in total. The topological polar surface area (TPSA) is 12.0 Å². The van der Waals surface area contributed by atoms with Crippen LogP contribution in [0.4, 0.5) is 11.4 Å². The molecule has 0 radical (unpaired) electrons. The molecule has 0 aromatic heterocycles. The Bertz CT molecular complexity index is 1260. The first-order valence-corrected chi connectivity index (χ1v) is 13.6. The van der Waals surface area contributed by atoms with Gasteiger partial charge in [0.15, 0.2) is 0 Å². The lowest BCUT2D eigenvalue weighted by Gasteiger charge is -2.33. The lowest BCUT2D eigenvalue weighted by molar-refractivity contribution is 0.284. The molecular weight excluding hydrogens is 446 g/mol. The SMILES string of the molecule is CC(c1ccccc1)c1ccc(C(C)c2ccc(Nc3ccc(C(C)(C)CC(C)(C)C)cc3)cc2)cc1. The second-order valence-electron chi connectivity index (χ2n) is 12.5. The lowest BCUT2D eigenvalue weighted by Crippen LogP contribution is -2.24. The first-order chi connectivity index (χ1) is 17.5. The molecule has 0 amide bonds. The molecule has 4 aromatic carbocycles. The van der Waals surface area contributed by atoms with E-state index >= 15 is 0 Å². The average Bonchev–Trinajstić information content (AvgIpc) is 2.88. The zero-order valence-corrected chi connectivity index (χ0v) is 23.7. The molecule has 0 aliphatic heterocycles. The van der Waals surface area contributed by atoms with Crippen LogP contribution >= 0.6 is 0 Å². The number of hydrogen-bond donors (Lipinski definition) is 1. The van der Waals surface area contributed by atoms with Crippen molar-refractivity contribution >= 4 is 11.4 Å². The van der Waals surface area contributed by atoms with Crippen LogP contribution in [0.15, 0.2) is 103 Å². The van der Waals surface area contributed by atoms with Gasteiger partial charge in [-0.15, -0.1) is 0 Å². The van der Waals surface area contributed by atoms with E-state index in [2.05, 4.69) is 157 Å². The molecule has 0 spiro atoms. The van der Waals surface area contributed by atoms with Crippen LogP contribution in [0.1, 0.15) is 94.5 Å². The van der Waals surface area contributed by atoms with Crippen molar-refractivity contribution in [2.75, 3.05) is 5.32 Å². The summed E-state index contributed by atoms with van der Waals surface area (Å²) in [6, 6.07) is 37.7. The Labute approximate surface area is 225 Å². The molecule has 0 saturated heterocycles. The predicted octanol–water partition coefficient (Wildman–Crippen LogP) is 10.4. The third-order valence-corrected chi connectivity index (χ3v) is 7.57. The van der Waals surface area contributed by atoms with Crippen LogP contribution in [0, 0.1) is 5.41 Å². The maximum Gasteiger partial charge on any atom is 0.0384 e. The molecule has 4 aromatic rings. The van der Waals surface area contributed by atoms with Gasteiger partial charge in [0, 0.05) is 23.2 Å². The van der Waals surface area contributed by atoms with Crippen molar-refractivity contribution in [3.05, 3.63) is 131 Å². The maximum atomic E-state index is 3.57. The summed E-state index contributed by atoms with van der Waals surface area (Å²) in [5.74, 6) is 0.744. The van der Waals surface area contributed by atoms with Crippen LogP contribution in [-0.2, 0) is 5.41 Å². The van der Waals surface area contributed by atoms with Gasteiger partial charge < -0.3 is 5.32 Å². The first kappa shape index (κ1) is 26.7. The van der Waals surface area contributed by atoms with Gasteiger partial charge in [-0.25, -0.2) is 0 Å². The van der Waals surface area contributed by atoms with Gasteiger partial charge in [0.2, 0.25) is 0 Å². The van der Waals surface area contributed by atoms with E-state index in [1.165, 1.54) is 27.8 Å². The fourth-order valence-electron chi connectivity index (χ4n) is 5.65. The highest BCUT2D eigenvalue weighted by atomic mass is 14.9. The number of nitrogens with one attached hydrogen (secondary N) is 1. The van der Waals surface area contributed by atoms with Crippen molar-refractivity contribution in [1.29, 1.82) is 0 Å². The van der Waals surface area contributed by atoms with E-state index in [0.717, 1.165) is 17.8 Å². The number of hydrogen-bond acceptors (Lipinski definition) is 1. The molecule has 0 aliphatic carbocycles. The first-order valence-electron chi connectivity index (χ1n) is 13.6. The minimum Gasteiger partial charge on any atom is -0.356 e. The lowest BCUT2D eigenvalue weighted by atomic mass is 9.72. The van der Waals surface area contributed by atoms with Gasteiger partial charge in [-0.05, 0) is 69.3 Å². The summed E-state index contributed by atoms with van der Waals surface area (Å²) in [7, 11) is 0. The van der Waals surface area contributed by atoms with Crippen LogP contribution in [0.2, 0.25) is 0 Å². The second kappa shape index (κ2) is 11.0. The molecule has 2 unspecified atom stereocenters. The summed E-state index contributed by atoms with van der Waals surface area (Å²) in [6.45, 7) is 16.2. The molecule has 4 rings (SSSR count). The minimum absolute atomic E-state index is 0.159. The van der Waals surface area contributed by atoms with Crippen molar-refractivity contribution < 1.29 is 0 Å². The molecule has 0 bridgehead atoms. The van der Waals surface area contributed by atoms with Crippen LogP contribution in [0.3, 0.4) is 0 Å². The van der Waals surface area contributed by atoms with Gasteiger partial charge in [-0.2, -0.15) is 0 Å². The quantitative estimate of drug-likeness (QED) is 0.259. The highest BCUT2D eigenvalue weighted by Crippen LogP contribution is 2.37. The Hall–Kier alpha value is -3.32. The van der Waals surface area contributed by atoms with Crippen LogP contribution in [0.5, 0.6) is 0 Å². The molecule has 0 heterocycles. The summed E-state index contributed by atoms with van der Waals surface area (Å²) in [6.07, 6.45) is 1.15. The third kappa shape index (κ3) is 6.92. The summed E-state index contributed by atoms with van der Waals surface area (Å²) >= 11 is 0. The van der Waals surface area contributed by atoms with Crippen molar-refractivity contribution in [3.63, 3.8) is 0 Å². The van der Waals surface area contributed by atoms with E-state index in [0.29, 0.717) is 17.3 Å². The molecular formula is C36H43N. The van der Waals surface area contributed by atoms with E-state index in [-0.39, 0.29) is 5.41 Å². The highest BCUT2D eigenvalue weighted by molar-refractivity contribution is 5.60. The molecule has 1 nitrogen and oxygen atoms in total. The molecule has 0 aliphatic rings. The van der Waals surface area contributed by atoms with E-state index < -0.39 is 0 Å². The normalized spacial score (nSPS) is 13.7. The zero-order valence-electron chi connectivity index (χ0n) is 23.7. The van der Waals surface area contributed by atoms with Crippen molar-refractivity contribution in [1.82, 2.24) is 0 Å². The van der Waals surface area contributed by atoms with E-state index in [9.17, 15) is 0 Å². The minimum atomic E-state index is 0.159. The summed E-state index contributed by atoms with van der Waals surface area (Å²) in [5, 5.41) is 3.57. The molecule has 37 heavy (non-hydrogen) atoms. The summed E-state index contributed by atoms with van der Waals surface area (Å²) < 4.78 is 0.